The second-order valence-corrected chi connectivity index (χ2v) is 6.87. The van der Waals surface area contributed by atoms with Crippen LogP contribution in [0, 0.1) is 0 Å². The topological polar surface area (TPSA) is 45.2 Å². The van der Waals surface area contributed by atoms with Gasteiger partial charge in [-0.05, 0) is 42.2 Å². The molecule has 0 saturated heterocycles. The molecule has 2 heterocycles. The van der Waals surface area contributed by atoms with Gasteiger partial charge < -0.3 is 10.2 Å². The van der Waals surface area contributed by atoms with Crippen molar-refractivity contribution >= 4 is 29.0 Å². The molecule has 130 valence electrons. The maximum Gasteiger partial charge on any atom is 0.251 e. The van der Waals surface area contributed by atoms with Gasteiger partial charge in [0.2, 0.25) is 0 Å². The number of nitrogens with zero attached hydrogens (tertiary/aromatic N) is 2. The van der Waals surface area contributed by atoms with E-state index in [1.54, 1.807) is 6.20 Å². The summed E-state index contributed by atoms with van der Waals surface area (Å²) in [5.41, 5.74) is 2.89. The van der Waals surface area contributed by atoms with Gasteiger partial charge in [-0.2, -0.15) is 0 Å². The van der Waals surface area contributed by atoms with Gasteiger partial charge >= 0.3 is 0 Å². The first-order valence-electron chi connectivity index (χ1n) is 8.50. The fraction of sp³-hybridized carbons (Fsp3) is 0.300. The molecule has 0 aliphatic carbocycles. The molecular formula is C20H22ClN3O. The highest BCUT2D eigenvalue weighted by Gasteiger charge is 2.19. The van der Waals surface area contributed by atoms with Gasteiger partial charge in [-0.25, -0.2) is 4.98 Å². The zero-order valence-corrected chi connectivity index (χ0v) is 15.3. The van der Waals surface area contributed by atoms with Crippen LogP contribution in [0.2, 0.25) is 5.02 Å². The van der Waals surface area contributed by atoms with E-state index in [4.69, 9.17) is 11.6 Å². The predicted octanol–water partition coefficient (Wildman–Crippen LogP) is 4.63. The minimum Gasteiger partial charge on any atom is -0.351 e. The number of halogens is 1. The largest absolute Gasteiger partial charge is 0.351 e. The second kappa shape index (κ2) is 7.70. The Hall–Kier alpha value is -2.33. The van der Waals surface area contributed by atoms with E-state index in [9.17, 15) is 4.79 Å². The number of benzene rings is 1. The van der Waals surface area contributed by atoms with Crippen molar-refractivity contribution in [3.63, 3.8) is 0 Å². The van der Waals surface area contributed by atoms with Gasteiger partial charge in [0.25, 0.3) is 5.91 Å². The summed E-state index contributed by atoms with van der Waals surface area (Å²) in [5, 5.41) is 3.61. The van der Waals surface area contributed by atoms with Crippen molar-refractivity contribution in [1.82, 2.24) is 4.98 Å². The summed E-state index contributed by atoms with van der Waals surface area (Å²) in [6.45, 7) is 5.66. The van der Waals surface area contributed by atoms with E-state index in [0.29, 0.717) is 23.9 Å². The van der Waals surface area contributed by atoms with Crippen LogP contribution >= 0.6 is 11.6 Å². The number of hydrogen-bond acceptors (Lipinski definition) is 3. The summed E-state index contributed by atoms with van der Waals surface area (Å²) in [7, 11) is 0. The number of rotatable bonds is 4. The maximum atomic E-state index is 12.5. The summed E-state index contributed by atoms with van der Waals surface area (Å²) in [5.74, 6) is 1.21. The highest BCUT2D eigenvalue weighted by Crippen LogP contribution is 2.25. The number of carbonyl (C=O) groups is 1. The van der Waals surface area contributed by atoms with E-state index in [1.807, 2.05) is 30.3 Å². The van der Waals surface area contributed by atoms with Crippen molar-refractivity contribution < 1.29 is 4.79 Å². The average molecular weight is 356 g/mol. The molecular weight excluding hydrogens is 334 g/mol. The standard InChI is InChI=1S/C20H22ClN3O/c1-14(2)15-5-7-17(8-6-15)23-20(25)16-9-12-24(13-10-16)19-18(21)4-3-11-22-19/h3-9,11,14H,10,12-13H2,1-2H3,(H,23,25). The minimum atomic E-state index is -0.0379. The van der Waals surface area contributed by atoms with Gasteiger partial charge in [0.15, 0.2) is 0 Å². The van der Waals surface area contributed by atoms with Crippen molar-refractivity contribution in [1.29, 1.82) is 0 Å². The third-order valence-corrected chi connectivity index (χ3v) is 4.67. The van der Waals surface area contributed by atoms with Gasteiger partial charge in [-0.15, -0.1) is 0 Å². The highest BCUT2D eigenvalue weighted by molar-refractivity contribution is 6.32. The number of pyridine rings is 1. The molecule has 1 aliphatic heterocycles. The molecule has 0 radical (unpaired) electrons. The number of nitrogens with one attached hydrogen (secondary N) is 1. The Labute approximate surface area is 153 Å². The van der Waals surface area contributed by atoms with Gasteiger partial charge in [0.1, 0.15) is 5.82 Å². The van der Waals surface area contributed by atoms with Gasteiger partial charge in [0, 0.05) is 30.5 Å². The predicted molar refractivity (Wildman–Crippen MR) is 103 cm³/mol. The molecule has 4 nitrogen and oxygen atoms in total. The van der Waals surface area contributed by atoms with Crippen LogP contribution in [-0.2, 0) is 4.79 Å². The van der Waals surface area contributed by atoms with Crippen LogP contribution in [0.25, 0.3) is 0 Å². The van der Waals surface area contributed by atoms with E-state index >= 15 is 0 Å². The van der Waals surface area contributed by atoms with E-state index in [0.717, 1.165) is 23.6 Å². The Morgan fingerprint density at radius 2 is 2.00 bits per heavy atom. The molecule has 1 amide bonds. The Morgan fingerprint density at radius 1 is 1.24 bits per heavy atom. The first-order chi connectivity index (χ1) is 12.0. The molecule has 0 unspecified atom stereocenters. The molecule has 3 rings (SSSR count). The normalized spacial score (nSPS) is 14.4. The molecule has 0 fully saturated rings. The lowest BCUT2D eigenvalue weighted by Crippen LogP contribution is -2.32. The third-order valence-electron chi connectivity index (χ3n) is 4.37. The van der Waals surface area contributed by atoms with Crippen LogP contribution in [0.1, 0.15) is 31.7 Å². The Bertz CT molecular complexity index is 784. The molecule has 1 aromatic heterocycles. The van der Waals surface area contributed by atoms with E-state index in [1.165, 1.54) is 5.56 Å². The molecule has 0 spiro atoms. The Kier molecular flexibility index (Phi) is 5.39. The molecule has 1 aromatic carbocycles. The fourth-order valence-corrected chi connectivity index (χ4v) is 3.08. The van der Waals surface area contributed by atoms with Crippen LogP contribution in [0.5, 0.6) is 0 Å². The van der Waals surface area contributed by atoms with Crippen LogP contribution in [-0.4, -0.2) is 24.0 Å². The molecule has 0 bridgehead atoms. The summed E-state index contributed by atoms with van der Waals surface area (Å²) < 4.78 is 0. The summed E-state index contributed by atoms with van der Waals surface area (Å²) in [6.07, 6.45) is 4.35. The molecule has 0 atom stereocenters. The lowest BCUT2D eigenvalue weighted by molar-refractivity contribution is -0.113. The lowest BCUT2D eigenvalue weighted by Gasteiger charge is -2.27. The van der Waals surface area contributed by atoms with Crippen molar-refractivity contribution in [3.8, 4) is 0 Å². The number of hydrogen-bond donors (Lipinski definition) is 1. The summed E-state index contributed by atoms with van der Waals surface area (Å²) in [6, 6.07) is 11.7. The van der Waals surface area contributed by atoms with E-state index in [-0.39, 0.29) is 5.91 Å². The third kappa shape index (κ3) is 4.20. The van der Waals surface area contributed by atoms with Gasteiger partial charge in [0.05, 0.1) is 5.02 Å². The zero-order chi connectivity index (χ0) is 17.8. The summed E-state index contributed by atoms with van der Waals surface area (Å²) in [4.78, 5) is 18.9. The average Bonchev–Trinajstić information content (AvgIpc) is 2.63. The van der Waals surface area contributed by atoms with E-state index in [2.05, 4.69) is 41.2 Å². The van der Waals surface area contributed by atoms with Crippen LogP contribution in [0.3, 0.4) is 0 Å². The molecule has 1 N–H and O–H groups in total. The van der Waals surface area contributed by atoms with Gasteiger partial charge in [-0.1, -0.05) is 43.7 Å². The first kappa shape index (κ1) is 17.5. The second-order valence-electron chi connectivity index (χ2n) is 6.47. The van der Waals surface area contributed by atoms with E-state index < -0.39 is 0 Å². The van der Waals surface area contributed by atoms with Crippen molar-refractivity contribution in [2.75, 3.05) is 23.3 Å². The van der Waals surface area contributed by atoms with Crippen molar-refractivity contribution in [3.05, 3.63) is 64.8 Å². The monoisotopic (exact) mass is 355 g/mol. The smallest absolute Gasteiger partial charge is 0.251 e. The lowest BCUT2D eigenvalue weighted by atomic mass is 10.0. The Morgan fingerprint density at radius 3 is 2.60 bits per heavy atom. The quantitative estimate of drug-likeness (QED) is 0.869. The number of carbonyl (C=O) groups excluding carboxylic acids is 1. The molecule has 2 aromatic rings. The highest BCUT2D eigenvalue weighted by atomic mass is 35.5. The van der Waals surface area contributed by atoms with Gasteiger partial charge in [-0.3, -0.25) is 4.79 Å². The number of anilines is 2. The Balaban J connectivity index is 1.63. The fourth-order valence-electron chi connectivity index (χ4n) is 2.84. The number of amides is 1. The molecule has 25 heavy (non-hydrogen) atoms. The zero-order valence-electron chi connectivity index (χ0n) is 14.5. The van der Waals surface area contributed by atoms with Crippen molar-refractivity contribution in [2.45, 2.75) is 26.2 Å². The molecule has 5 heteroatoms. The van der Waals surface area contributed by atoms with Crippen molar-refractivity contribution in [2.24, 2.45) is 0 Å². The van der Waals surface area contributed by atoms with Crippen LogP contribution in [0.15, 0.2) is 54.2 Å². The molecule has 0 saturated carbocycles. The minimum absolute atomic E-state index is 0.0379. The first-order valence-corrected chi connectivity index (χ1v) is 8.88. The van der Waals surface area contributed by atoms with Crippen LogP contribution < -0.4 is 10.2 Å². The summed E-state index contributed by atoms with van der Waals surface area (Å²) >= 11 is 6.19. The molecule has 1 aliphatic rings. The SMILES string of the molecule is CC(C)c1ccc(NC(=O)C2=CCN(c3ncccc3Cl)CC2)cc1. The number of aromatic nitrogens is 1. The maximum absolute atomic E-state index is 12.5. The van der Waals surface area contributed by atoms with Crippen LogP contribution in [0.4, 0.5) is 11.5 Å².